The van der Waals surface area contributed by atoms with Crippen LogP contribution in [-0.2, 0) is 6.61 Å². The summed E-state index contributed by atoms with van der Waals surface area (Å²) in [5, 5.41) is 1.67. The predicted molar refractivity (Wildman–Crippen MR) is 80.0 cm³/mol. The third-order valence-corrected chi connectivity index (χ3v) is 3.46. The zero-order valence-corrected chi connectivity index (χ0v) is 11.6. The number of rotatable bonds is 4. The summed E-state index contributed by atoms with van der Waals surface area (Å²) in [7, 11) is 0. The standard InChI is InChI=1S/C18H12F2O2/c19-16-7-3-5-13(18(16)20)11-22-17-9-8-12-4-1-2-6-14(12)15(17)10-21/h1-10H,11H2. The molecule has 0 saturated carbocycles. The lowest BCUT2D eigenvalue weighted by atomic mass is 10.0. The van der Waals surface area contributed by atoms with Crippen molar-refractivity contribution < 1.29 is 18.3 Å². The molecule has 0 heterocycles. The van der Waals surface area contributed by atoms with Gasteiger partial charge < -0.3 is 4.74 Å². The molecule has 22 heavy (non-hydrogen) atoms. The fraction of sp³-hybridized carbons (Fsp3) is 0.0556. The van der Waals surface area contributed by atoms with Crippen molar-refractivity contribution >= 4 is 17.1 Å². The Bertz CT molecular complexity index is 844. The van der Waals surface area contributed by atoms with Crippen molar-refractivity contribution in [1.82, 2.24) is 0 Å². The zero-order valence-electron chi connectivity index (χ0n) is 11.6. The van der Waals surface area contributed by atoms with Crippen LogP contribution in [0.4, 0.5) is 8.78 Å². The molecule has 3 aromatic carbocycles. The Morgan fingerprint density at radius 2 is 1.77 bits per heavy atom. The maximum Gasteiger partial charge on any atom is 0.165 e. The van der Waals surface area contributed by atoms with Gasteiger partial charge in [0.1, 0.15) is 12.4 Å². The molecule has 0 amide bonds. The molecule has 0 aliphatic heterocycles. The number of carbonyl (C=O) groups is 1. The van der Waals surface area contributed by atoms with E-state index in [4.69, 9.17) is 4.74 Å². The van der Waals surface area contributed by atoms with Crippen LogP contribution in [0.15, 0.2) is 54.6 Å². The number of halogens is 2. The lowest BCUT2D eigenvalue weighted by molar-refractivity contribution is 0.112. The van der Waals surface area contributed by atoms with Crippen molar-refractivity contribution in [3.05, 3.63) is 77.4 Å². The van der Waals surface area contributed by atoms with E-state index in [-0.39, 0.29) is 12.2 Å². The number of fused-ring (bicyclic) bond motifs is 1. The Morgan fingerprint density at radius 3 is 2.59 bits per heavy atom. The molecule has 4 heteroatoms. The van der Waals surface area contributed by atoms with Crippen LogP contribution < -0.4 is 4.74 Å². The normalized spacial score (nSPS) is 10.6. The van der Waals surface area contributed by atoms with Gasteiger partial charge in [0.15, 0.2) is 17.9 Å². The van der Waals surface area contributed by atoms with Gasteiger partial charge in [0.25, 0.3) is 0 Å². The summed E-state index contributed by atoms with van der Waals surface area (Å²) >= 11 is 0. The molecule has 3 aromatic rings. The maximum atomic E-state index is 13.6. The second-order valence-corrected chi connectivity index (χ2v) is 4.82. The van der Waals surface area contributed by atoms with Gasteiger partial charge in [-0.2, -0.15) is 0 Å². The van der Waals surface area contributed by atoms with Crippen LogP contribution >= 0.6 is 0 Å². The van der Waals surface area contributed by atoms with Crippen molar-refractivity contribution in [1.29, 1.82) is 0 Å². The average molecular weight is 298 g/mol. The van der Waals surface area contributed by atoms with Gasteiger partial charge in [0.2, 0.25) is 0 Å². The topological polar surface area (TPSA) is 26.3 Å². The summed E-state index contributed by atoms with van der Waals surface area (Å²) in [6.07, 6.45) is 0.708. The monoisotopic (exact) mass is 298 g/mol. The summed E-state index contributed by atoms with van der Waals surface area (Å²) < 4.78 is 32.3. The Balaban J connectivity index is 1.94. The number of carbonyl (C=O) groups excluding carboxylic acids is 1. The lowest BCUT2D eigenvalue weighted by Crippen LogP contribution is -2.02. The maximum absolute atomic E-state index is 13.6. The largest absolute Gasteiger partial charge is 0.488 e. The van der Waals surface area contributed by atoms with Crippen LogP contribution in [0.2, 0.25) is 0 Å². The quantitative estimate of drug-likeness (QED) is 0.662. The first kappa shape index (κ1) is 14.2. The van der Waals surface area contributed by atoms with Crippen molar-refractivity contribution in [3.8, 4) is 5.75 Å². The highest BCUT2D eigenvalue weighted by Gasteiger charge is 2.11. The zero-order chi connectivity index (χ0) is 15.5. The summed E-state index contributed by atoms with van der Waals surface area (Å²) in [6, 6.07) is 14.8. The van der Waals surface area contributed by atoms with Gasteiger partial charge in [0.05, 0.1) is 5.56 Å². The predicted octanol–water partition coefficient (Wildman–Crippen LogP) is 4.51. The first-order valence-corrected chi connectivity index (χ1v) is 6.73. The lowest BCUT2D eigenvalue weighted by Gasteiger charge is -2.11. The number of ether oxygens (including phenoxy) is 1. The molecule has 0 bridgehead atoms. The molecule has 0 fully saturated rings. The Hall–Kier alpha value is -2.75. The van der Waals surface area contributed by atoms with Crippen LogP contribution in [0.5, 0.6) is 5.75 Å². The van der Waals surface area contributed by atoms with E-state index in [0.29, 0.717) is 17.6 Å². The molecule has 0 aliphatic rings. The minimum absolute atomic E-state index is 0.102. The fourth-order valence-corrected chi connectivity index (χ4v) is 2.34. The molecule has 0 aromatic heterocycles. The summed E-state index contributed by atoms with van der Waals surface area (Å²) in [4.78, 5) is 11.4. The van der Waals surface area contributed by atoms with Gasteiger partial charge in [0, 0.05) is 5.56 Å². The summed E-state index contributed by atoms with van der Waals surface area (Å²) in [5.41, 5.74) is 0.500. The molecule has 0 radical (unpaired) electrons. The molecule has 0 atom stereocenters. The molecular formula is C18H12F2O2. The average Bonchev–Trinajstić information content (AvgIpc) is 2.55. The number of aldehydes is 1. The van der Waals surface area contributed by atoms with Gasteiger partial charge in [-0.05, 0) is 22.9 Å². The van der Waals surface area contributed by atoms with Crippen molar-refractivity contribution in [2.75, 3.05) is 0 Å². The van der Waals surface area contributed by atoms with E-state index in [1.165, 1.54) is 12.1 Å². The van der Waals surface area contributed by atoms with E-state index >= 15 is 0 Å². The third kappa shape index (κ3) is 2.55. The number of hydrogen-bond donors (Lipinski definition) is 0. The van der Waals surface area contributed by atoms with Gasteiger partial charge in [-0.25, -0.2) is 8.78 Å². The molecular weight excluding hydrogens is 286 g/mol. The third-order valence-electron chi connectivity index (χ3n) is 3.46. The molecule has 0 spiro atoms. The molecule has 110 valence electrons. The molecule has 3 rings (SSSR count). The Kier molecular flexibility index (Phi) is 3.83. The van der Waals surface area contributed by atoms with Crippen LogP contribution in [-0.4, -0.2) is 6.29 Å². The first-order chi connectivity index (χ1) is 10.7. The van der Waals surface area contributed by atoms with E-state index in [9.17, 15) is 13.6 Å². The number of hydrogen-bond acceptors (Lipinski definition) is 2. The second-order valence-electron chi connectivity index (χ2n) is 4.82. The van der Waals surface area contributed by atoms with Crippen molar-refractivity contribution in [2.24, 2.45) is 0 Å². The van der Waals surface area contributed by atoms with E-state index in [0.717, 1.165) is 16.8 Å². The summed E-state index contributed by atoms with van der Waals surface area (Å²) in [6.45, 7) is -0.150. The molecule has 0 aliphatic carbocycles. The Morgan fingerprint density at radius 1 is 0.955 bits per heavy atom. The summed E-state index contributed by atoms with van der Waals surface area (Å²) in [5.74, 6) is -1.51. The first-order valence-electron chi connectivity index (χ1n) is 6.73. The number of benzene rings is 3. The van der Waals surface area contributed by atoms with E-state index in [1.807, 2.05) is 30.3 Å². The van der Waals surface area contributed by atoms with Crippen LogP contribution in [0.3, 0.4) is 0 Å². The van der Waals surface area contributed by atoms with Gasteiger partial charge in [-0.15, -0.1) is 0 Å². The van der Waals surface area contributed by atoms with E-state index in [1.54, 1.807) is 6.07 Å². The molecule has 0 N–H and O–H groups in total. The molecule has 0 unspecified atom stereocenters. The molecule has 0 saturated heterocycles. The van der Waals surface area contributed by atoms with Gasteiger partial charge >= 0.3 is 0 Å². The van der Waals surface area contributed by atoms with Crippen LogP contribution in [0.1, 0.15) is 15.9 Å². The Labute approximate surface area is 126 Å². The minimum atomic E-state index is -0.934. The highest BCUT2D eigenvalue weighted by molar-refractivity contribution is 6.00. The minimum Gasteiger partial charge on any atom is -0.488 e. The highest BCUT2D eigenvalue weighted by atomic mass is 19.2. The van der Waals surface area contributed by atoms with E-state index in [2.05, 4.69) is 0 Å². The highest BCUT2D eigenvalue weighted by Crippen LogP contribution is 2.27. The van der Waals surface area contributed by atoms with E-state index < -0.39 is 11.6 Å². The van der Waals surface area contributed by atoms with Crippen molar-refractivity contribution in [3.63, 3.8) is 0 Å². The SMILES string of the molecule is O=Cc1c(OCc2cccc(F)c2F)ccc2ccccc12. The molecule has 2 nitrogen and oxygen atoms in total. The smallest absolute Gasteiger partial charge is 0.165 e. The van der Waals surface area contributed by atoms with Crippen LogP contribution in [0, 0.1) is 11.6 Å². The van der Waals surface area contributed by atoms with Gasteiger partial charge in [-0.3, -0.25) is 4.79 Å². The van der Waals surface area contributed by atoms with Crippen LogP contribution in [0.25, 0.3) is 10.8 Å². The fourth-order valence-electron chi connectivity index (χ4n) is 2.34. The van der Waals surface area contributed by atoms with Gasteiger partial charge in [-0.1, -0.05) is 42.5 Å². The second kappa shape index (κ2) is 5.93. The van der Waals surface area contributed by atoms with Crippen molar-refractivity contribution in [2.45, 2.75) is 6.61 Å².